The summed E-state index contributed by atoms with van der Waals surface area (Å²) in [5.41, 5.74) is 6.61. The van der Waals surface area contributed by atoms with Crippen molar-refractivity contribution in [2.45, 2.75) is 96.0 Å². The summed E-state index contributed by atoms with van der Waals surface area (Å²) in [6.07, 6.45) is 0.613. The van der Waals surface area contributed by atoms with Gasteiger partial charge in [0.1, 0.15) is 12.2 Å². The highest BCUT2D eigenvalue weighted by molar-refractivity contribution is 5.89. The molecule has 11 heteroatoms. The van der Waals surface area contributed by atoms with Crippen LogP contribution in [0.1, 0.15) is 53.4 Å². The van der Waals surface area contributed by atoms with Crippen molar-refractivity contribution in [2.24, 2.45) is 5.73 Å². The van der Waals surface area contributed by atoms with Gasteiger partial charge in [0.05, 0.1) is 31.0 Å². The van der Waals surface area contributed by atoms with Crippen LogP contribution in [0.4, 0.5) is 0 Å². The molecule has 6 atom stereocenters. The number of aliphatic hydroxyl groups excluding tert-OH is 3. The first kappa shape index (κ1) is 29.7. The second-order valence-electron chi connectivity index (χ2n) is 8.30. The molecule has 11 nitrogen and oxygen atoms in total. The first-order valence-electron chi connectivity index (χ1n) is 11.5. The summed E-state index contributed by atoms with van der Waals surface area (Å²) in [5, 5.41) is 38.4. The average Bonchev–Trinajstić information content (AvgIpc) is 2.77. The second-order valence-corrected chi connectivity index (χ2v) is 8.30. The van der Waals surface area contributed by atoms with E-state index in [1.54, 1.807) is 13.0 Å². The third-order valence-electron chi connectivity index (χ3n) is 5.62. The van der Waals surface area contributed by atoms with Gasteiger partial charge in [0, 0.05) is 30.5 Å². The Morgan fingerprint density at radius 1 is 1.09 bits per heavy atom. The van der Waals surface area contributed by atoms with Crippen LogP contribution in [-0.2, 0) is 23.9 Å². The molecule has 0 saturated heterocycles. The molecule has 0 radical (unpaired) electrons. The van der Waals surface area contributed by atoms with Crippen molar-refractivity contribution >= 4 is 17.8 Å². The third kappa shape index (κ3) is 8.80. The lowest BCUT2D eigenvalue weighted by atomic mass is 9.88. The highest BCUT2D eigenvalue weighted by atomic mass is 16.5. The van der Waals surface area contributed by atoms with Gasteiger partial charge in [0.2, 0.25) is 5.91 Å². The zero-order valence-corrected chi connectivity index (χ0v) is 20.1. The molecular weight excluding hydrogens is 448 g/mol. The minimum Gasteiger partial charge on any atom is -0.478 e. The van der Waals surface area contributed by atoms with Gasteiger partial charge in [-0.15, -0.1) is 0 Å². The molecule has 0 aromatic carbocycles. The molecule has 0 saturated carbocycles. The molecule has 0 unspecified atom stereocenters. The molecule has 0 fully saturated rings. The molecule has 34 heavy (non-hydrogen) atoms. The standard InChI is InChI=1S/C16H28N2O4.C7H10O5/c1-5-12(6-2)22-14-9-11(16(20)21-7-3)8-13(17)15(14)18-10(4)19;8-4-1-3(7(11)12)2-5(9)6(4)10/h9,12-15H,5-8,17H2,1-4H3,(H,18,19);1,4-6,8-10H,2H2,(H,11,12)/t13-,14+,15+;4-,5-,6-/m01/s1. The summed E-state index contributed by atoms with van der Waals surface area (Å²) < 4.78 is 11.1. The Balaban J connectivity index is 0.000000404. The maximum absolute atomic E-state index is 12.0. The van der Waals surface area contributed by atoms with E-state index in [0.717, 1.165) is 18.9 Å². The number of rotatable bonds is 8. The van der Waals surface area contributed by atoms with Crippen LogP contribution < -0.4 is 11.1 Å². The minimum absolute atomic E-state index is 0.0613. The summed E-state index contributed by atoms with van der Waals surface area (Å²) in [7, 11) is 0. The van der Waals surface area contributed by atoms with Crippen LogP contribution >= 0.6 is 0 Å². The number of hydrogen-bond acceptors (Lipinski definition) is 9. The van der Waals surface area contributed by atoms with E-state index in [1.807, 2.05) is 13.8 Å². The van der Waals surface area contributed by atoms with E-state index in [9.17, 15) is 14.4 Å². The highest BCUT2D eigenvalue weighted by Crippen LogP contribution is 2.24. The zero-order chi connectivity index (χ0) is 26.0. The molecule has 194 valence electrons. The fourth-order valence-corrected chi connectivity index (χ4v) is 3.73. The molecule has 0 aromatic rings. The zero-order valence-electron chi connectivity index (χ0n) is 20.1. The topological polar surface area (TPSA) is 189 Å². The second kappa shape index (κ2) is 14.2. The van der Waals surface area contributed by atoms with Crippen LogP contribution in [0.2, 0.25) is 0 Å². The monoisotopic (exact) mass is 486 g/mol. The van der Waals surface area contributed by atoms with Crippen LogP contribution in [0.25, 0.3) is 0 Å². The molecule has 2 aliphatic carbocycles. The van der Waals surface area contributed by atoms with Crippen LogP contribution in [0.15, 0.2) is 23.3 Å². The molecule has 1 amide bonds. The maximum atomic E-state index is 12.0. The lowest BCUT2D eigenvalue weighted by molar-refractivity contribution is -0.139. The fraction of sp³-hybridized carbons (Fsp3) is 0.696. The Labute approximate surface area is 199 Å². The molecule has 7 N–H and O–H groups in total. The smallest absolute Gasteiger partial charge is 0.333 e. The number of esters is 1. The predicted molar refractivity (Wildman–Crippen MR) is 123 cm³/mol. The number of carbonyl (C=O) groups excluding carboxylic acids is 2. The van der Waals surface area contributed by atoms with E-state index >= 15 is 0 Å². The van der Waals surface area contributed by atoms with Crippen molar-refractivity contribution in [1.82, 2.24) is 5.32 Å². The quantitative estimate of drug-likeness (QED) is 0.250. The summed E-state index contributed by atoms with van der Waals surface area (Å²) >= 11 is 0. The number of aliphatic hydroxyl groups is 3. The van der Waals surface area contributed by atoms with Crippen LogP contribution in [0.3, 0.4) is 0 Å². The number of nitrogens with one attached hydrogen (secondary N) is 1. The minimum atomic E-state index is -1.29. The summed E-state index contributed by atoms with van der Waals surface area (Å²) in [6.45, 7) is 7.62. The number of carbonyl (C=O) groups is 3. The molecule has 0 heterocycles. The molecular formula is C23H38N2O9. The third-order valence-corrected chi connectivity index (χ3v) is 5.62. The fourth-order valence-electron chi connectivity index (χ4n) is 3.73. The Morgan fingerprint density at radius 2 is 1.71 bits per heavy atom. The van der Waals surface area contributed by atoms with Crippen LogP contribution in [0, 0.1) is 0 Å². The highest BCUT2D eigenvalue weighted by Gasteiger charge is 2.36. The van der Waals surface area contributed by atoms with Crippen LogP contribution in [-0.4, -0.2) is 87.5 Å². The number of hydrogen-bond donors (Lipinski definition) is 6. The molecule has 2 aliphatic rings. The number of ether oxygens (including phenoxy) is 2. The van der Waals surface area contributed by atoms with Gasteiger partial charge in [-0.2, -0.15) is 0 Å². The number of carboxylic acids is 1. The SMILES string of the molecule is CCOC(=O)C1=C[C@@H](OC(CC)CC)[C@H](NC(C)=O)[C@@H](N)C1.O=C(O)C1=C[C@@H](O)[C@@H](O)[C@H](O)C1. The molecule has 0 bridgehead atoms. The molecule has 2 rings (SSSR count). The van der Waals surface area contributed by atoms with E-state index in [2.05, 4.69) is 5.32 Å². The molecule has 0 aliphatic heterocycles. The van der Waals surface area contributed by atoms with Gasteiger partial charge in [0.25, 0.3) is 0 Å². The Kier molecular flexibility index (Phi) is 12.4. The van der Waals surface area contributed by atoms with Crippen molar-refractivity contribution in [3.63, 3.8) is 0 Å². The van der Waals surface area contributed by atoms with Crippen molar-refractivity contribution in [3.8, 4) is 0 Å². The largest absolute Gasteiger partial charge is 0.478 e. The van der Waals surface area contributed by atoms with Crippen molar-refractivity contribution in [2.75, 3.05) is 6.61 Å². The van der Waals surface area contributed by atoms with Gasteiger partial charge in [-0.3, -0.25) is 4.79 Å². The van der Waals surface area contributed by atoms with Gasteiger partial charge in [-0.1, -0.05) is 13.8 Å². The Morgan fingerprint density at radius 3 is 2.18 bits per heavy atom. The summed E-state index contributed by atoms with van der Waals surface area (Å²) in [6, 6.07) is -0.719. The number of amides is 1. The lowest BCUT2D eigenvalue weighted by Crippen LogP contribution is -2.57. The summed E-state index contributed by atoms with van der Waals surface area (Å²) in [5.74, 6) is -1.70. The van der Waals surface area contributed by atoms with Gasteiger partial charge < -0.3 is 41.0 Å². The summed E-state index contributed by atoms with van der Waals surface area (Å²) in [4.78, 5) is 33.7. The average molecular weight is 487 g/mol. The number of aliphatic carboxylic acids is 1. The van der Waals surface area contributed by atoms with Crippen molar-refractivity contribution < 1.29 is 44.3 Å². The molecule has 0 spiro atoms. The van der Waals surface area contributed by atoms with Crippen LogP contribution in [0.5, 0.6) is 0 Å². The first-order chi connectivity index (χ1) is 15.9. The van der Waals surface area contributed by atoms with E-state index in [0.29, 0.717) is 18.6 Å². The van der Waals surface area contributed by atoms with E-state index < -0.39 is 30.4 Å². The van der Waals surface area contributed by atoms with E-state index in [-0.39, 0.29) is 42.1 Å². The van der Waals surface area contributed by atoms with Gasteiger partial charge >= 0.3 is 11.9 Å². The first-order valence-corrected chi connectivity index (χ1v) is 11.5. The van der Waals surface area contributed by atoms with Crippen molar-refractivity contribution in [1.29, 1.82) is 0 Å². The van der Waals surface area contributed by atoms with Gasteiger partial charge in [0.15, 0.2) is 0 Å². The Bertz CT molecular complexity index is 764. The number of carboxylic acid groups (broad SMARTS) is 1. The van der Waals surface area contributed by atoms with Gasteiger partial charge in [-0.25, -0.2) is 9.59 Å². The van der Waals surface area contributed by atoms with Gasteiger partial charge in [-0.05, 0) is 38.3 Å². The van der Waals surface area contributed by atoms with Crippen molar-refractivity contribution in [3.05, 3.63) is 23.3 Å². The lowest BCUT2D eigenvalue weighted by Gasteiger charge is -2.36. The number of nitrogens with two attached hydrogens (primary N) is 1. The Hall–Kier alpha value is -2.31. The van der Waals surface area contributed by atoms with E-state index in [4.69, 9.17) is 35.6 Å². The molecule has 0 aromatic heterocycles. The van der Waals surface area contributed by atoms with E-state index in [1.165, 1.54) is 6.92 Å². The normalized spacial score (nSPS) is 28.7. The maximum Gasteiger partial charge on any atom is 0.333 e. The predicted octanol–water partition coefficient (Wildman–Crippen LogP) is -0.231.